The van der Waals surface area contributed by atoms with Crippen LogP contribution in [0, 0.1) is 0 Å². The van der Waals surface area contributed by atoms with Crippen molar-refractivity contribution in [1.82, 2.24) is 0 Å². The van der Waals surface area contributed by atoms with Gasteiger partial charge in [-0.15, -0.1) is 0 Å². The van der Waals surface area contributed by atoms with Crippen LogP contribution < -0.4 is 4.89 Å². The van der Waals surface area contributed by atoms with Crippen LogP contribution in [0.2, 0.25) is 0 Å². The standard InChI is InChI=1S/C76H126NO8P/c1-6-8-10-12-14-16-18-20-22-24-26-28-30-32-34-35-36-37-38-39-40-41-43-45-47-49-51-53-55-57-59-61-63-65-67-69-76(79)85-74(73-84-86(80,81)83-71-70-77(3,4)5)72-82-75(78)68-66-64-62-60-58-56-54-52-50-48-46-44-42-33-31-29-27-25-23-21-19-17-15-13-11-9-7-2/h8,10,14,16,19-22,25-28,31-34,36-37,39-40,43,45,49,51,55,57,74H,6-7,9,11-13,15,17-18,23-24,29-30,35,38,41-42,44,46-48,50,52-54,56,58-73H2,1-5H3/b10-8-,16-14-,21-19-,22-20-,27-25-,28-26-,33-31-,34-32-,37-36-,40-39-,45-43-,51-49-,57-55-. The van der Waals surface area contributed by atoms with Gasteiger partial charge in [0.2, 0.25) is 0 Å². The summed E-state index contributed by atoms with van der Waals surface area (Å²) in [5.74, 6) is -0.873. The van der Waals surface area contributed by atoms with Crippen LogP contribution in [0.25, 0.3) is 0 Å². The lowest BCUT2D eigenvalue weighted by Crippen LogP contribution is -2.37. The van der Waals surface area contributed by atoms with E-state index in [1.54, 1.807) is 0 Å². The van der Waals surface area contributed by atoms with E-state index in [4.69, 9.17) is 18.5 Å². The van der Waals surface area contributed by atoms with E-state index in [1.165, 1.54) is 96.3 Å². The second kappa shape index (κ2) is 65.1. The first-order valence-electron chi connectivity index (χ1n) is 34.2. The minimum absolute atomic E-state index is 0.0449. The molecule has 0 fully saturated rings. The Labute approximate surface area is 528 Å². The van der Waals surface area contributed by atoms with Crippen LogP contribution in [0.15, 0.2) is 158 Å². The van der Waals surface area contributed by atoms with Crippen LogP contribution in [0.1, 0.15) is 258 Å². The third-order valence-electron chi connectivity index (χ3n) is 14.0. The van der Waals surface area contributed by atoms with Crippen molar-refractivity contribution in [2.24, 2.45) is 0 Å². The highest BCUT2D eigenvalue weighted by molar-refractivity contribution is 7.45. The average Bonchev–Trinajstić information content (AvgIpc) is 3.56. The zero-order chi connectivity index (χ0) is 62.6. The number of unbranched alkanes of at least 4 members (excludes halogenated alkanes) is 21. The van der Waals surface area contributed by atoms with Crippen molar-refractivity contribution in [3.63, 3.8) is 0 Å². The summed E-state index contributed by atoms with van der Waals surface area (Å²) in [6, 6.07) is 0. The lowest BCUT2D eigenvalue weighted by molar-refractivity contribution is -0.870. The van der Waals surface area contributed by atoms with Gasteiger partial charge in [0.15, 0.2) is 6.10 Å². The summed E-state index contributed by atoms with van der Waals surface area (Å²) in [7, 11) is 1.13. The Balaban J connectivity index is 4.20. The fourth-order valence-electron chi connectivity index (χ4n) is 8.81. The number of esters is 2. The quantitative estimate of drug-likeness (QED) is 0.0195. The fraction of sp³-hybridized carbons (Fsp3) is 0.632. The molecule has 488 valence electrons. The number of hydrogen-bond donors (Lipinski definition) is 0. The van der Waals surface area contributed by atoms with E-state index in [1.807, 2.05) is 21.1 Å². The number of allylic oxidation sites excluding steroid dienone is 26. The minimum atomic E-state index is -4.66. The Morgan fingerprint density at radius 2 is 0.663 bits per heavy atom. The maximum Gasteiger partial charge on any atom is 0.306 e. The minimum Gasteiger partial charge on any atom is -0.756 e. The molecule has 0 aromatic carbocycles. The van der Waals surface area contributed by atoms with Crippen molar-refractivity contribution in [2.75, 3.05) is 47.5 Å². The number of carbonyl (C=O) groups is 2. The topological polar surface area (TPSA) is 111 Å². The van der Waals surface area contributed by atoms with Gasteiger partial charge in [-0.2, -0.15) is 0 Å². The Hall–Kier alpha value is -4.37. The van der Waals surface area contributed by atoms with E-state index in [2.05, 4.69) is 172 Å². The molecule has 0 rings (SSSR count). The zero-order valence-electron chi connectivity index (χ0n) is 55.4. The first-order chi connectivity index (χ1) is 42.0. The number of nitrogens with zero attached hydrogens (tertiary/aromatic N) is 1. The zero-order valence-corrected chi connectivity index (χ0v) is 56.3. The molecule has 0 amide bonds. The summed E-state index contributed by atoms with van der Waals surface area (Å²) in [4.78, 5) is 38.0. The van der Waals surface area contributed by atoms with E-state index < -0.39 is 32.5 Å². The molecule has 0 aliphatic carbocycles. The molecule has 0 bridgehead atoms. The molecular formula is C76H126NO8P. The highest BCUT2D eigenvalue weighted by Crippen LogP contribution is 2.38. The predicted molar refractivity (Wildman–Crippen MR) is 369 cm³/mol. The molecule has 0 spiro atoms. The number of likely N-dealkylation sites (N-methyl/N-ethyl adjacent to an activating group) is 1. The summed E-state index contributed by atoms with van der Waals surface area (Å²) in [6.45, 7) is 4.07. The molecule has 0 N–H and O–H groups in total. The molecule has 86 heavy (non-hydrogen) atoms. The Bertz CT molecular complexity index is 2010. The number of phosphoric acid groups is 1. The van der Waals surface area contributed by atoms with Gasteiger partial charge in [-0.25, -0.2) is 0 Å². The molecule has 2 unspecified atom stereocenters. The van der Waals surface area contributed by atoms with E-state index in [9.17, 15) is 19.0 Å². The molecule has 0 aliphatic heterocycles. The first kappa shape index (κ1) is 81.6. The Morgan fingerprint density at radius 3 is 0.988 bits per heavy atom. The molecule has 10 heteroatoms. The molecule has 0 saturated heterocycles. The van der Waals surface area contributed by atoms with Crippen molar-refractivity contribution < 1.29 is 42.1 Å². The van der Waals surface area contributed by atoms with Crippen LogP contribution in [0.4, 0.5) is 0 Å². The van der Waals surface area contributed by atoms with Crippen LogP contribution in [-0.2, 0) is 32.7 Å². The number of hydrogen-bond acceptors (Lipinski definition) is 8. The SMILES string of the molecule is CC/C=C\C/C=C\C/C=C\C/C=C\C/C=C\C/C=C\C/C=C\C/C=C\C/C=C\C/C=C\CCCCCCC(=O)OC(COC(=O)CCCCCCCCCCCCCC/C=C\C/C=C\C/C=C\CCCCCCC)COP(=O)([O-])OCC[N+](C)(C)C. The molecule has 9 nitrogen and oxygen atoms in total. The number of carbonyl (C=O) groups excluding carboxylic acids is 2. The van der Waals surface area contributed by atoms with Crippen LogP contribution >= 0.6 is 7.82 Å². The lowest BCUT2D eigenvalue weighted by atomic mass is 10.0. The van der Waals surface area contributed by atoms with Crippen molar-refractivity contribution >= 4 is 19.8 Å². The Morgan fingerprint density at radius 1 is 0.372 bits per heavy atom. The second-order valence-corrected chi connectivity index (χ2v) is 24.9. The van der Waals surface area contributed by atoms with E-state index >= 15 is 0 Å². The van der Waals surface area contributed by atoms with E-state index in [0.717, 1.165) is 128 Å². The molecular weight excluding hydrogens is 1090 g/mol. The third kappa shape index (κ3) is 68.7. The number of ether oxygens (including phenoxy) is 2. The van der Waals surface area contributed by atoms with Gasteiger partial charge in [-0.1, -0.05) is 275 Å². The summed E-state index contributed by atoms with van der Waals surface area (Å²) in [6.07, 6.45) is 97.4. The molecule has 0 radical (unpaired) electrons. The second-order valence-electron chi connectivity index (χ2n) is 23.5. The lowest BCUT2D eigenvalue weighted by Gasteiger charge is -2.28. The number of quaternary nitrogens is 1. The van der Waals surface area contributed by atoms with Gasteiger partial charge in [0.1, 0.15) is 19.8 Å². The van der Waals surface area contributed by atoms with Gasteiger partial charge in [0.05, 0.1) is 27.7 Å². The highest BCUT2D eigenvalue weighted by atomic mass is 31.2. The summed E-state index contributed by atoms with van der Waals surface area (Å²) in [5.41, 5.74) is 0. The third-order valence-corrected chi connectivity index (χ3v) is 15.0. The van der Waals surface area contributed by atoms with Crippen molar-refractivity contribution in [1.29, 1.82) is 0 Å². The summed E-state index contributed by atoms with van der Waals surface area (Å²) < 4.78 is 34.2. The van der Waals surface area contributed by atoms with E-state index in [0.29, 0.717) is 17.4 Å². The van der Waals surface area contributed by atoms with Gasteiger partial charge in [-0.05, 0) is 128 Å². The van der Waals surface area contributed by atoms with Gasteiger partial charge in [-0.3, -0.25) is 14.2 Å². The summed E-state index contributed by atoms with van der Waals surface area (Å²) in [5, 5.41) is 0. The highest BCUT2D eigenvalue weighted by Gasteiger charge is 2.22. The normalized spacial score (nSPS) is 14.2. The molecule has 2 atom stereocenters. The van der Waals surface area contributed by atoms with Crippen LogP contribution in [0.3, 0.4) is 0 Å². The average molecular weight is 1210 g/mol. The molecule has 0 saturated carbocycles. The molecule has 0 aliphatic rings. The predicted octanol–water partition coefficient (Wildman–Crippen LogP) is 21.7. The maximum atomic E-state index is 12.8. The first-order valence-corrected chi connectivity index (χ1v) is 35.7. The fourth-order valence-corrected chi connectivity index (χ4v) is 9.54. The van der Waals surface area contributed by atoms with E-state index in [-0.39, 0.29) is 26.1 Å². The molecule has 0 aromatic heterocycles. The summed E-state index contributed by atoms with van der Waals surface area (Å²) >= 11 is 0. The van der Waals surface area contributed by atoms with Gasteiger partial charge < -0.3 is 27.9 Å². The maximum absolute atomic E-state index is 12.8. The van der Waals surface area contributed by atoms with Crippen molar-refractivity contribution in [3.8, 4) is 0 Å². The van der Waals surface area contributed by atoms with Gasteiger partial charge in [0, 0.05) is 12.8 Å². The number of rotatable bonds is 61. The monoisotopic (exact) mass is 1210 g/mol. The van der Waals surface area contributed by atoms with Crippen molar-refractivity contribution in [2.45, 2.75) is 264 Å². The number of phosphoric ester groups is 1. The largest absolute Gasteiger partial charge is 0.756 e. The molecule has 0 heterocycles. The van der Waals surface area contributed by atoms with Crippen LogP contribution in [0.5, 0.6) is 0 Å². The Kier molecular flexibility index (Phi) is 61.8. The smallest absolute Gasteiger partial charge is 0.306 e. The molecule has 0 aromatic rings. The van der Waals surface area contributed by atoms with Crippen LogP contribution in [-0.4, -0.2) is 70.0 Å². The van der Waals surface area contributed by atoms with Gasteiger partial charge >= 0.3 is 11.9 Å². The van der Waals surface area contributed by atoms with Crippen molar-refractivity contribution in [3.05, 3.63) is 158 Å². The van der Waals surface area contributed by atoms with Gasteiger partial charge in [0.25, 0.3) is 7.82 Å².